The number of carbonyl (C=O) groups is 4. The third-order valence-electron chi connectivity index (χ3n) is 17.8. The number of phosphoric acid groups is 2. The van der Waals surface area contributed by atoms with Gasteiger partial charge in [0.05, 0.1) is 26.4 Å². The fourth-order valence-corrected chi connectivity index (χ4v) is 13.2. The molecule has 0 spiro atoms. The Morgan fingerprint density at radius 2 is 0.551 bits per heavy atom. The van der Waals surface area contributed by atoms with E-state index in [1.54, 1.807) is 0 Å². The summed E-state index contributed by atoms with van der Waals surface area (Å²) in [5.74, 6) is -0.552. The van der Waals surface area contributed by atoms with Gasteiger partial charge in [0.1, 0.15) is 19.3 Å². The molecule has 0 aromatic carbocycles. The molecule has 0 saturated carbocycles. The van der Waals surface area contributed by atoms with Gasteiger partial charge in [-0.1, -0.05) is 336 Å². The molecule has 5 atom stereocenters. The monoisotopic (exact) mass is 1430 g/mol. The summed E-state index contributed by atoms with van der Waals surface area (Å²) in [5.41, 5.74) is 0. The molecule has 0 aliphatic heterocycles. The standard InChI is InChI=1S/C79H150O17P2/c1-7-9-11-13-15-17-18-19-21-27-33-39-45-51-57-63-78(83)95-74(67-89-76(81)61-55-49-43-35-16-14-12-10-8-2)69-93-97(85,86)91-65-73(80)66-92-98(87,88)94-70-75(68-90-77(82)62-56-50-44-38-32-29-24-26-31-37-42-48-54-60-72(5)6)96-79(84)64-58-52-46-40-34-28-23-20-22-25-30-36-41-47-53-59-71(3)4/h17-19,21,71-75,80H,7-16,20,22-70H2,1-6H3,(H,85,86)(H,87,88)/b18-17-,21-19-/t73-,74+,75+/m0/s1. The lowest BCUT2D eigenvalue weighted by Gasteiger charge is -2.21. The van der Waals surface area contributed by atoms with E-state index < -0.39 is 97.5 Å². The van der Waals surface area contributed by atoms with Crippen molar-refractivity contribution < 1.29 is 80.2 Å². The predicted molar refractivity (Wildman–Crippen MR) is 400 cm³/mol. The van der Waals surface area contributed by atoms with Crippen LogP contribution < -0.4 is 0 Å². The number of phosphoric ester groups is 2. The lowest BCUT2D eigenvalue weighted by molar-refractivity contribution is -0.161. The minimum absolute atomic E-state index is 0.0851. The van der Waals surface area contributed by atoms with Crippen LogP contribution in [0.15, 0.2) is 24.3 Å². The zero-order valence-electron chi connectivity index (χ0n) is 63.6. The molecule has 0 aliphatic rings. The third kappa shape index (κ3) is 71.9. The number of esters is 4. The summed E-state index contributed by atoms with van der Waals surface area (Å²) in [6, 6.07) is 0. The van der Waals surface area contributed by atoms with Gasteiger partial charge in [-0.3, -0.25) is 37.3 Å². The third-order valence-corrected chi connectivity index (χ3v) is 19.7. The lowest BCUT2D eigenvalue weighted by atomic mass is 10.0. The number of aliphatic hydroxyl groups is 1. The van der Waals surface area contributed by atoms with E-state index in [0.29, 0.717) is 25.7 Å². The Labute approximate surface area is 599 Å². The number of unbranched alkanes of at least 4 members (excludes halogenated alkanes) is 43. The first kappa shape index (κ1) is 95.5. The highest BCUT2D eigenvalue weighted by atomic mass is 31.2. The molecule has 0 fully saturated rings. The number of hydrogen-bond donors (Lipinski definition) is 3. The lowest BCUT2D eigenvalue weighted by Crippen LogP contribution is -2.30. The van der Waals surface area contributed by atoms with Gasteiger partial charge in [0.25, 0.3) is 0 Å². The van der Waals surface area contributed by atoms with E-state index in [1.165, 1.54) is 193 Å². The molecule has 0 saturated heterocycles. The Hall–Kier alpha value is -2.46. The van der Waals surface area contributed by atoms with Crippen molar-refractivity contribution in [1.29, 1.82) is 0 Å². The number of hydrogen-bond acceptors (Lipinski definition) is 15. The van der Waals surface area contributed by atoms with E-state index in [0.717, 1.165) is 115 Å². The maximum absolute atomic E-state index is 13.1. The molecule has 0 radical (unpaired) electrons. The van der Waals surface area contributed by atoms with Crippen molar-refractivity contribution in [3.8, 4) is 0 Å². The van der Waals surface area contributed by atoms with Gasteiger partial charge in [0.2, 0.25) is 0 Å². The van der Waals surface area contributed by atoms with Crippen molar-refractivity contribution in [2.45, 2.75) is 407 Å². The molecule has 578 valence electrons. The van der Waals surface area contributed by atoms with Crippen molar-refractivity contribution in [3.05, 3.63) is 24.3 Å². The van der Waals surface area contributed by atoms with E-state index in [-0.39, 0.29) is 25.7 Å². The second kappa shape index (κ2) is 70.2. The Bertz CT molecular complexity index is 1980. The summed E-state index contributed by atoms with van der Waals surface area (Å²) < 4.78 is 68.6. The summed E-state index contributed by atoms with van der Waals surface area (Å²) in [6.07, 6.45) is 61.8. The van der Waals surface area contributed by atoms with E-state index in [9.17, 15) is 43.2 Å². The Morgan fingerprint density at radius 1 is 0.316 bits per heavy atom. The van der Waals surface area contributed by atoms with Gasteiger partial charge >= 0.3 is 39.5 Å². The fourth-order valence-electron chi connectivity index (χ4n) is 11.6. The molecule has 17 nitrogen and oxygen atoms in total. The molecule has 0 aromatic rings. The van der Waals surface area contributed by atoms with Gasteiger partial charge in [-0.25, -0.2) is 9.13 Å². The minimum Gasteiger partial charge on any atom is -0.462 e. The minimum atomic E-state index is -4.96. The molecular formula is C79H150O17P2. The Balaban J connectivity index is 5.26. The van der Waals surface area contributed by atoms with Crippen LogP contribution in [0.1, 0.15) is 388 Å². The van der Waals surface area contributed by atoms with E-state index in [4.69, 9.17) is 37.0 Å². The predicted octanol–water partition coefficient (Wildman–Crippen LogP) is 23.1. The average molecular weight is 1430 g/mol. The first-order valence-corrected chi connectivity index (χ1v) is 43.3. The Kier molecular flexibility index (Phi) is 68.5. The average Bonchev–Trinajstić information content (AvgIpc) is 1.02. The Morgan fingerprint density at radius 3 is 0.837 bits per heavy atom. The summed E-state index contributed by atoms with van der Waals surface area (Å²) >= 11 is 0. The number of allylic oxidation sites excluding steroid dienone is 4. The quantitative estimate of drug-likeness (QED) is 0.0169. The topological polar surface area (TPSA) is 237 Å². The van der Waals surface area contributed by atoms with Crippen LogP contribution in [0.25, 0.3) is 0 Å². The van der Waals surface area contributed by atoms with Crippen LogP contribution >= 0.6 is 15.6 Å². The van der Waals surface area contributed by atoms with Crippen molar-refractivity contribution in [3.63, 3.8) is 0 Å². The van der Waals surface area contributed by atoms with Crippen LogP contribution in [0, 0.1) is 11.8 Å². The largest absolute Gasteiger partial charge is 0.472 e. The number of carbonyl (C=O) groups excluding carboxylic acids is 4. The van der Waals surface area contributed by atoms with Crippen LogP contribution in [0.4, 0.5) is 0 Å². The summed E-state index contributed by atoms with van der Waals surface area (Å²) in [4.78, 5) is 72.9. The molecule has 0 rings (SSSR count). The normalized spacial score (nSPS) is 14.1. The van der Waals surface area contributed by atoms with Gasteiger partial charge in [-0.15, -0.1) is 0 Å². The number of aliphatic hydroxyl groups excluding tert-OH is 1. The molecule has 19 heteroatoms. The molecule has 0 aromatic heterocycles. The summed E-state index contributed by atoms with van der Waals surface area (Å²) in [5, 5.41) is 10.6. The van der Waals surface area contributed by atoms with Crippen LogP contribution in [0.3, 0.4) is 0 Å². The second-order valence-electron chi connectivity index (χ2n) is 28.7. The maximum Gasteiger partial charge on any atom is 0.472 e. The highest BCUT2D eigenvalue weighted by Gasteiger charge is 2.30. The SMILES string of the molecule is CCCCCC/C=C\C=C/CCCCCCCC(=O)O[C@H](COC(=O)CCCCCCCCCCC)COP(=O)(O)OC[C@H](O)COP(=O)(O)OC[C@@H](COC(=O)CCCCCCCCCCCCCCCC(C)C)OC(=O)CCCCCCCCCCCCCCCCCC(C)C. The van der Waals surface area contributed by atoms with Gasteiger partial charge < -0.3 is 33.8 Å². The molecular weight excluding hydrogens is 1280 g/mol. The fraction of sp³-hybridized carbons (Fsp3) is 0.899. The maximum atomic E-state index is 13.1. The molecule has 0 amide bonds. The second-order valence-corrected chi connectivity index (χ2v) is 31.6. The molecule has 0 heterocycles. The van der Waals surface area contributed by atoms with Crippen molar-refractivity contribution >= 4 is 39.5 Å². The van der Waals surface area contributed by atoms with Crippen LogP contribution in [-0.2, 0) is 65.4 Å². The highest BCUT2D eigenvalue weighted by Crippen LogP contribution is 2.45. The zero-order chi connectivity index (χ0) is 72.1. The number of rotatable bonds is 76. The van der Waals surface area contributed by atoms with Gasteiger partial charge in [0.15, 0.2) is 12.2 Å². The molecule has 0 bridgehead atoms. The van der Waals surface area contributed by atoms with Gasteiger partial charge in [0, 0.05) is 25.7 Å². The highest BCUT2D eigenvalue weighted by molar-refractivity contribution is 7.47. The van der Waals surface area contributed by atoms with E-state index >= 15 is 0 Å². The van der Waals surface area contributed by atoms with E-state index in [1.807, 2.05) is 0 Å². The molecule has 98 heavy (non-hydrogen) atoms. The summed E-state index contributed by atoms with van der Waals surface area (Å²) in [6.45, 7) is 9.58. The zero-order valence-corrected chi connectivity index (χ0v) is 65.4. The van der Waals surface area contributed by atoms with Crippen LogP contribution in [0.2, 0.25) is 0 Å². The van der Waals surface area contributed by atoms with Crippen molar-refractivity contribution in [1.82, 2.24) is 0 Å². The van der Waals surface area contributed by atoms with Crippen LogP contribution in [-0.4, -0.2) is 96.7 Å². The van der Waals surface area contributed by atoms with Gasteiger partial charge in [-0.2, -0.15) is 0 Å². The van der Waals surface area contributed by atoms with Crippen LogP contribution in [0.5, 0.6) is 0 Å². The first-order chi connectivity index (χ1) is 47.4. The molecule has 3 N–H and O–H groups in total. The smallest absolute Gasteiger partial charge is 0.462 e. The summed E-state index contributed by atoms with van der Waals surface area (Å²) in [7, 11) is -9.93. The first-order valence-electron chi connectivity index (χ1n) is 40.3. The van der Waals surface area contributed by atoms with E-state index in [2.05, 4.69) is 65.8 Å². The van der Waals surface area contributed by atoms with Crippen molar-refractivity contribution in [2.75, 3.05) is 39.6 Å². The van der Waals surface area contributed by atoms with Crippen molar-refractivity contribution in [2.24, 2.45) is 11.8 Å². The number of ether oxygens (including phenoxy) is 4. The van der Waals surface area contributed by atoms with Gasteiger partial charge in [-0.05, 0) is 63.2 Å². The molecule has 2 unspecified atom stereocenters. The molecule has 0 aliphatic carbocycles.